The molecule has 0 saturated carbocycles. The summed E-state index contributed by atoms with van der Waals surface area (Å²) < 4.78 is 14.2. The predicted octanol–water partition coefficient (Wildman–Crippen LogP) is 2.72. The highest BCUT2D eigenvalue weighted by Gasteiger charge is 2.27. The zero-order chi connectivity index (χ0) is 17.9. The number of aromatic amines is 1. The van der Waals surface area contributed by atoms with E-state index in [4.69, 9.17) is 0 Å². The summed E-state index contributed by atoms with van der Waals surface area (Å²) >= 11 is 0. The van der Waals surface area contributed by atoms with Gasteiger partial charge in [0.2, 0.25) is 0 Å². The van der Waals surface area contributed by atoms with Crippen LogP contribution in [0.25, 0.3) is 0 Å². The number of benzene rings is 1. The number of H-pyrrole nitrogens is 1. The van der Waals surface area contributed by atoms with Gasteiger partial charge in [-0.1, -0.05) is 25.1 Å². The molecule has 24 heavy (non-hydrogen) atoms. The maximum Gasteiger partial charge on any atom is 0.267 e. The van der Waals surface area contributed by atoms with Crippen LogP contribution < -0.4 is 10.6 Å². The highest BCUT2D eigenvalue weighted by Crippen LogP contribution is 2.33. The zero-order valence-electron chi connectivity index (χ0n) is 14.3. The first kappa shape index (κ1) is 17.7. The summed E-state index contributed by atoms with van der Waals surface area (Å²) in [5, 5.41) is 5.27. The number of carbonyl (C=O) groups is 2. The quantitative estimate of drug-likeness (QED) is 0.788. The van der Waals surface area contributed by atoms with Crippen molar-refractivity contribution < 1.29 is 14.0 Å². The SMILES string of the molecule is CCNC(=O)c1[nH]c(C(=O)NC)c(C(C)c2ccccc2F)c1C. The van der Waals surface area contributed by atoms with Gasteiger partial charge in [-0.2, -0.15) is 0 Å². The molecule has 2 rings (SSSR count). The van der Waals surface area contributed by atoms with Crippen molar-refractivity contribution in [2.45, 2.75) is 26.7 Å². The maximum absolute atomic E-state index is 14.2. The molecule has 128 valence electrons. The number of hydrogen-bond donors (Lipinski definition) is 3. The molecule has 0 aliphatic heterocycles. The smallest absolute Gasteiger partial charge is 0.267 e. The highest BCUT2D eigenvalue weighted by molar-refractivity contribution is 6.00. The second kappa shape index (κ2) is 7.29. The first-order valence-corrected chi connectivity index (χ1v) is 7.89. The largest absolute Gasteiger partial charge is 0.354 e. The van der Waals surface area contributed by atoms with Gasteiger partial charge in [-0.25, -0.2) is 4.39 Å². The molecule has 3 N–H and O–H groups in total. The van der Waals surface area contributed by atoms with E-state index in [9.17, 15) is 14.0 Å². The van der Waals surface area contributed by atoms with E-state index in [-0.39, 0.29) is 29.2 Å². The molecule has 1 heterocycles. The molecule has 6 heteroatoms. The van der Waals surface area contributed by atoms with Gasteiger partial charge in [0, 0.05) is 19.5 Å². The Balaban J connectivity index is 2.61. The molecule has 1 aromatic heterocycles. The summed E-state index contributed by atoms with van der Waals surface area (Å²) in [6, 6.07) is 6.44. The van der Waals surface area contributed by atoms with Crippen LogP contribution in [0.3, 0.4) is 0 Å². The van der Waals surface area contributed by atoms with Crippen molar-refractivity contribution in [3.8, 4) is 0 Å². The van der Waals surface area contributed by atoms with Gasteiger partial charge in [0.05, 0.1) is 0 Å². The van der Waals surface area contributed by atoms with Crippen molar-refractivity contribution in [2.24, 2.45) is 0 Å². The number of rotatable bonds is 5. The minimum atomic E-state index is -0.377. The van der Waals surface area contributed by atoms with Gasteiger partial charge in [0.25, 0.3) is 11.8 Å². The Labute approximate surface area is 140 Å². The molecule has 2 amide bonds. The van der Waals surface area contributed by atoms with Crippen LogP contribution >= 0.6 is 0 Å². The van der Waals surface area contributed by atoms with Crippen molar-refractivity contribution >= 4 is 11.8 Å². The van der Waals surface area contributed by atoms with E-state index in [1.54, 1.807) is 25.1 Å². The van der Waals surface area contributed by atoms with E-state index >= 15 is 0 Å². The van der Waals surface area contributed by atoms with E-state index in [2.05, 4.69) is 15.6 Å². The van der Waals surface area contributed by atoms with Gasteiger partial charge in [0.1, 0.15) is 17.2 Å². The van der Waals surface area contributed by atoms with Crippen molar-refractivity contribution in [3.63, 3.8) is 0 Å². The topological polar surface area (TPSA) is 74.0 Å². The van der Waals surface area contributed by atoms with Gasteiger partial charge in [-0.3, -0.25) is 9.59 Å². The lowest BCUT2D eigenvalue weighted by atomic mass is 9.89. The molecule has 1 aromatic carbocycles. The summed E-state index contributed by atoms with van der Waals surface area (Å²) in [5.74, 6) is -1.34. The van der Waals surface area contributed by atoms with E-state index in [1.807, 2.05) is 13.8 Å². The number of carbonyl (C=O) groups excluding carboxylic acids is 2. The average Bonchev–Trinajstić information content (AvgIpc) is 2.91. The normalized spacial score (nSPS) is 11.9. The van der Waals surface area contributed by atoms with Gasteiger partial charge in [0.15, 0.2) is 0 Å². The zero-order valence-corrected chi connectivity index (χ0v) is 14.3. The minimum Gasteiger partial charge on any atom is -0.354 e. The third kappa shape index (κ3) is 3.18. The Hall–Kier alpha value is -2.63. The monoisotopic (exact) mass is 331 g/mol. The second-order valence-electron chi connectivity index (χ2n) is 5.60. The minimum absolute atomic E-state index is 0.284. The lowest BCUT2D eigenvalue weighted by Gasteiger charge is -2.15. The lowest BCUT2D eigenvalue weighted by Crippen LogP contribution is -2.24. The molecule has 1 atom stereocenters. The summed E-state index contributed by atoms with van der Waals surface area (Å²) in [6.07, 6.45) is 0. The standard InChI is InChI=1S/C18H22FN3O2/c1-5-21-18(24)15-11(3)14(16(22-15)17(23)20-4)10(2)12-8-6-7-9-13(12)19/h6-10,22H,5H2,1-4H3,(H,20,23)(H,21,24). The number of amides is 2. The molecule has 0 saturated heterocycles. The fourth-order valence-corrected chi connectivity index (χ4v) is 2.91. The summed E-state index contributed by atoms with van der Waals surface area (Å²) in [6.45, 7) is 5.88. The van der Waals surface area contributed by atoms with E-state index < -0.39 is 0 Å². The number of nitrogens with one attached hydrogen (secondary N) is 3. The summed E-state index contributed by atoms with van der Waals surface area (Å²) in [7, 11) is 1.52. The van der Waals surface area contributed by atoms with Crippen LogP contribution in [0.4, 0.5) is 4.39 Å². The molecule has 0 radical (unpaired) electrons. The molecule has 0 bridgehead atoms. The Morgan fingerprint density at radius 3 is 2.46 bits per heavy atom. The lowest BCUT2D eigenvalue weighted by molar-refractivity contribution is 0.0950. The van der Waals surface area contributed by atoms with Crippen LogP contribution in [0.15, 0.2) is 24.3 Å². The second-order valence-corrected chi connectivity index (χ2v) is 5.60. The molecule has 5 nitrogen and oxygen atoms in total. The fourth-order valence-electron chi connectivity index (χ4n) is 2.91. The van der Waals surface area contributed by atoms with Gasteiger partial charge in [-0.15, -0.1) is 0 Å². The molecular weight excluding hydrogens is 309 g/mol. The molecule has 0 spiro atoms. The van der Waals surface area contributed by atoms with Crippen molar-refractivity contribution in [2.75, 3.05) is 13.6 Å². The van der Waals surface area contributed by atoms with Crippen LogP contribution in [0.5, 0.6) is 0 Å². The van der Waals surface area contributed by atoms with Crippen LogP contribution in [0, 0.1) is 12.7 Å². The van der Waals surface area contributed by atoms with E-state index in [0.717, 1.165) is 0 Å². The third-order valence-corrected chi connectivity index (χ3v) is 4.12. The van der Waals surface area contributed by atoms with Crippen molar-refractivity contribution in [3.05, 3.63) is 58.2 Å². The van der Waals surface area contributed by atoms with E-state index in [1.165, 1.54) is 13.1 Å². The fraction of sp³-hybridized carbons (Fsp3) is 0.333. The molecule has 1 unspecified atom stereocenters. The Morgan fingerprint density at radius 1 is 1.21 bits per heavy atom. The highest BCUT2D eigenvalue weighted by atomic mass is 19.1. The van der Waals surface area contributed by atoms with Gasteiger partial charge < -0.3 is 15.6 Å². The molecule has 2 aromatic rings. The number of halogens is 1. The molecular formula is C18H22FN3O2. The van der Waals surface area contributed by atoms with Crippen molar-refractivity contribution in [1.82, 2.24) is 15.6 Å². The van der Waals surface area contributed by atoms with Crippen molar-refractivity contribution in [1.29, 1.82) is 0 Å². The third-order valence-electron chi connectivity index (χ3n) is 4.12. The summed E-state index contributed by atoms with van der Waals surface area (Å²) in [5.41, 5.74) is 2.36. The van der Waals surface area contributed by atoms with Crippen LogP contribution in [-0.4, -0.2) is 30.4 Å². The van der Waals surface area contributed by atoms with Gasteiger partial charge in [-0.05, 0) is 36.6 Å². The van der Waals surface area contributed by atoms with Crippen LogP contribution in [-0.2, 0) is 0 Å². The van der Waals surface area contributed by atoms with E-state index in [0.29, 0.717) is 28.9 Å². The predicted molar refractivity (Wildman–Crippen MR) is 90.8 cm³/mol. The average molecular weight is 331 g/mol. The molecule has 0 aliphatic rings. The maximum atomic E-state index is 14.2. The number of hydrogen-bond acceptors (Lipinski definition) is 2. The number of aromatic nitrogens is 1. The van der Waals surface area contributed by atoms with Crippen LogP contribution in [0.2, 0.25) is 0 Å². The Morgan fingerprint density at radius 2 is 1.88 bits per heavy atom. The first-order chi connectivity index (χ1) is 11.4. The van der Waals surface area contributed by atoms with Gasteiger partial charge >= 0.3 is 0 Å². The Bertz CT molecular complexity index is 768. The van der Waals surface area contributed by atoms with Crippen LogP contribution in [0.1, 0.15) is 57.4 Å². The first-order valence-electron chi connectivity index (χ1n) is 7.89. The summed E-state index contributed by atoms with van der Waals surface area (Å²) in [4.78, 5) is 27.4. The molecule has 0 fully saturated rings. The Kier molecular flexibility index (Phi) is 5.39. The molecule has 0 aliphatic carbocycles.